The molecule has 1 aromatic carbocycles. The van der Waals surface area contributed by atoms with Crippen molar-refractivity contribution in [2.45, 2.75) is 12.8 Å². The predicted molar refractivity (Wildman–Crippen MR) is 74.6 cm³/mol. The lowest BCUT2D eigenvalue weighted by Gasteiger charge is -2.12. The standard InChI is InChI=1S/C13H14N4O4/c18-12(13(19)16-6-1-2-7-16)15-14-9-10-4-3-5-11(8-10)17(20)21/h3-5,8-9H,1-2,6-7H2,(H,15,18)/b14-9-. The van der Waals surface area contributed by atoms with Crippen LogP contribution in [0.1, 0.15) is 18.4 Å². The van der Waals surface area contributed by atoms with Crippen LogP contribution in [-0.2, 0) is 9.59 Å². The highest BCUT2D eigenvalue weighted by Gasteiger charge is 2.23. The first kappa shape index (κ1) is 14.6. The van der Waals surface area contributed by atoms with Gasteiger partial charge in [0.1, 0.15) is 0 Å². The molecular weight excluding hydrogens is 276 g/mol. The quantitative estimate of drug-likeness (QED) is 0.382. The average Bonchev–Trinajstić information content (AvgIpc) is 3.00. The molecule has 0 spiro atoms. The third kappa shape index (κ3) is 3.85. The van der Waals surface area contributed by atoms with Crippen LogP contribution in [0.15, 0.2) is 29.4 Å². The average molecular weight is 290 g/mol. The van der Waals surface area contributed by atoms with Gasteiger partial charge < -0.3 is 4.90 Å². The van der Waals surface area contributed by atoms with Crippen molar-refractivity contribution >= 4 is 23.7 Å². The zero-order valence-corrected chi connectivity index (χ0v) is 11.2. The van der Waals surface area contributed by atoms with Gasteiger partial charge in [0.2, 0.25) is 0 Å². The summed E-state index contributed by atoms with van der Waals surface area (Å²) in [6.45, 7) is 1.17. The highest BCUT2D eigenvalue weighted by molar-refractivity contribution is 6.35. The van der Waals surface area contributed by atoms with E-state index in [1.807, 2.05) is 0 Å². The summed E-state index contributed by atoms with van der Waals surface area (Å²) in [7, 11) is 0. The Balaban J connectivity index is 1.92. The molecule has 0 bridgehead atoms. The van der Waals surface area contributed by atoms with E-state index >= 15 is 0 Å². The number of carbonyl (C=O) groups excluding carboxylic acids is 2. The van der Waals surface area contributed by atoms with E-state index in [2.05, 4.69) is 10.5 Å². The van der Waals surface area contributed by atoms with Gasteiger partial charge in [0.05, 0.1) is 11.1 Å². The molecular formula is C13H14N4O4. The first-order chi connectivity index (χ1) is 10.1. The van der Waals surface area contributed by atoms with Crippen molar-refractivity contribution in [2.24, 2.45) is 5.10 Å². The Bertz CT molecular complexity index is 594. The second kappa shape index (κ2) is 6.60. The number of non-ortho nitro benzene ring substituents is 1. The second-order valence-electron chi connectivity index (χ2n) is 4.55. The molecule has 1 N–H and O–H groups in total. The van der Waals surface area contributed by atoms with Gasteiger partial charge in [0.15, 0.2) is 0 Å². The molecule has 8 heteroatoms. The summed E-state index contributed by atoms with van der Waals surface area (Å²) < 4.78 is 0. The van der Waals surface area contributed by atoms with Crippen molar-refractivity contribution in [3.8, 4) is 0 Å². The molecule has 1 aliphatic rings. The molecule has 0 radical (unpaired) electrons. The molecule has 1 aliphatic heterocycles. The van der Waals surface area contributed by atoms with Crippen molar-refractivity contribution < 1.29 is 14.5 Å². The van der Waals surface area contributed by atoms with Gasteiger partial charge in [0.25, 0.3) is 5.69 Å². The number of nitrogens with zero attached hydrogens (tertiary/aromatic N) is 3. The number of amides is 2. The van der Waals surface area contributed by atoms with Crippen molar-refractivity contribution in [1.82, 2.24) is 10.3 Å². The number of hydrazone groups is 1. The van der Waals surface area contributed by atoms with Crippen LogP contribution in [0.5, 0.6) is 0 Å². The van der Waals surface area contributed by atoms with E-state index in [4.69, 9.17) is 0 Å². The molecule has 0 unspecified atom stereocenters. The molecule has 1 saturated heterocycles. The number of nitro groups is 1. The van der Waals surface area contributed by atoms with Gasteiger partial charge in [-0.3, -0.25) is 19.7 Å². The minimum absolute atomic E-state index is 0.0709. The van der Waals surface area contributed by atoms with Crippen molar-refractivity contribution in [3.63, 3.8) is 0 Å². The smallest absolute Gasteiger partial charge is 0.329 e. The Morgan fingerprint density at radius 1 is 1.33 bits per heavy atom. The number of hydrogen-bond acceptors (Lipinski definition) is 5. The van der Waals surface area contributed by atoms with Crippen LogP contribution in [0, 0.1) is 10.1 Å². The molecule has 0 aromatic heterocycles. The summed E-state index contributed by atoms with van der Waals surface area (Å²) in [5.41, 5.74) is 2.51. The number of nitro benzene ring substituents is 1. The number of nitrogens with one attached hydrogen (secondary N) is 1. The normalized spacial score (nSPS) is 14.4. The lowest BCUT2D eigenvalue weighted by atomic mass is 10.2. The van der Waals surface area contributed by atoms with Crippen molar-refractivity contribution in [1.29, 1.82) is 0 Å². The maximum absolute atomic E-state index is 11.7. The van der Waals surface area contributed by atoms with E-state index in [1.165, 1.54) is 29.3 Å². The van der Waals surface area contributed by atoms with Crippen LogP contribution < -0.4 is 5.43 Å². The van der Waals surface area contributed by atoms with Crippen LogP contribution in [-0.4, -0.2) is 40.9 Å². The van der Waals surface area contributed by atoms with Crippen LogP contribution in [0.3, 0.4) is 0 Å². The zero-order chi connectivity index (χ0) is 15.2. The van der Waals surface area contributed by atoms with E-state index in [0.717, 1.165) is 12.8 Å². The fraction of sp³-hybridized carbons (Fsp3) is 0.308. The number of hydrogen-bond donors (Lipinski definition) is 1. The maximum Gasteiger partial charge on any atom is 0.329 e. The Morgan fingerprint density at radius 3 is 2.71 bits per heavy atom. The number of rotatable bonds is 3. The lowest BCUT2D eigenvalue weighted by Crippen LogP contribution is -2.39. The van der Waals surface area contributed by atoms with E-state index in [-0.39, 0.29) is 5.69 Å². The topological polar surface area (TPSA) is 105 Å². The Morgan fingerprint density at radius 2 is 2.05 bits per heavy atom. The molecule has 1 aromatic rings. The van der Waals surface area contributed by atoms with Crippen LogP contribution in [0.2, 0.25) is 0 Å². The Hall–Kier alpha value is -2.77. The number of benzene rings is 1. The van der Waals surface area contributed by atoms with Gasteiger partial charge in [-0.25, -0.2) is 5.43 Å². The molecule has 2 amide bonds. The van der Waals surface area contributed by atoms with Gasteiger partial charge in [-0.15, -0.1) is 0 Å². The largest absolute Gasteiger partial charge is 0.334 e. The maximum atomic E-state index is 11.7. The predicted octanol–water partition coefficient (Wildman–Crippen LogP) is 0.667. The first-order valence-corrected chi connectivity index (χ1v) is 6.44. The molecule has 110 valence electrons. The summed E-state index contributed by atoms with van der Waals surface area (Å²) in [6.07, 6.45) is 3.05. The molecule has 0 aliphatic carbocycles. The van der Waals surface area contributed by atoms with E-state index in [0.29, 0.717) is 18.7 Å². The number of carbonyl (C=O) groups is 2. The molecule has 0 saturated carbocycles. The van der Waals surface area contributed by atoms with Crippen LogP contribution in [0.4, 0.5) is 5.69 Å². The summed E-state index contributed by atoms with van der Waals surface area (Å²) >= 11 is 0. The van der Waals surface area contributed by atoms with Gasteiger partial charge >= 0.3 is 11.8 Å². The molecule has 8 nitrogen and oxygen atoms in total. The molecule has 21 heavy (non-hydrogen) atoms. The van der Waals surface area contributed by atoms with Gasteiger partial charge in [-0.1, -0.05) is 12.1 Å². The highest BCUT2D eigenvalue weighted by atomic mass is 16.6. The third-order valence-corrected chi connectivity index (χ3v) is 3.05. The van der Waals surface area contributed by atoms with E-state index in [9.17, 15) is 19.7 Å². The summed E-state index contributed by atoms with van der Waals surface area (Å²) in [5, 5.41) is 14.3. The molecule has 1 fully saturated rings. The Labute approximate surface area is 120 Å². The van der Waals surface area contributed by atoms with Crippen molar-refractivity contribution in [3.05, 3.63) is 39.9 Å². The lowest BCUT2D eigenvalue weighted by molar-refractivity contribution is -0.384. The molecule has 2 rings (SSSR count). The van der Waals surface area contributed by atoms with Crippen molar-refractivity contribution in [2.75, 3.05) is 13.1 Å². The third-order valence-electron chi connectivity index (χ3n) is 3.05. The number of likely N-dealkylation sites (tertiary alicyclic amines) is 1. The first-order valence-electron chi connectivity index (χ1n) is 6.44. The summed E-state index contributed by atoms with van der Waals surface area (Å²) in [4.78, 5) is 34.8. The molecule has 0 atom stereocenters. The SMILES string of the molecule is O=C(N/N=C\c1cccc([N+](=O)[O-])c1)C(=O)N1CCCC1. The van der Waals surface area contributed by atoms with Gasteiger partial charge in [0, 0.05) is 30.8 Å². The Kier molecular flexibility index (Phi) is 4.60. The van der Waals surface area contributed by atoms with Gasteiger partial charge in [-0.05, 0) is 12.8 Å². The highest BCUT2D eigenvalue weighted by Crippen LogP contribution is 2.11. The van der Waals surface area contributed by atoms with E-state index < -0.39 is 16.7 Å². The fourth-order valence-electron chi connectivity index (χ4n) is 2.00. The van der Waals surface area contributed by atoms with Gasteiger partial charge in [-0.2, -0.15) is 5.10 Å². The van der Waals surface area contributed by atoms with E-state index in [1.54, 1.807) is 6.07 Å². The monoisotopic (exact) mass is 290 g/mol. The minimum atomic E-state index is -0.807. The fourth-order valence-corrected chi connectivity index (χ4v) is 2.00. The zero-order valence-electron chi connectivity index (χ0n) is 11.2. The molecule has 1 heterocycles. The minimum Gasteiger partial charge on any atom is -0.334 e. The van der Waals surface area contributed by atoms with Crippen LogP contribution in [0.25, 0.3) is 0 Å². The summed E-state index contributed by atoms with van der Waals surface area (Å²) in [5.74, 6) is -1.41. The second-order valence-corrected chi connectivity index (χ2v) is 4.55. The van der Waals surface area contributed by atoms with Crippen LogP contribution >= 0.6 is 0 Å². The summed E-state index contributed by atoms with van der Waals surface area (Å²) in [6, 6.07) is 5.78.